The van der Waals surface area contributed by atoms with Gasteiger partial charge in [-0.05, 0) is 44.5 Å². The number of carbonyl (C=O) groups excluding carboxylic acids is 1. The molecule has 0 aliphatic carbocycles. The van der Waals surface area contributed by atoms with E-state index in [1.54, 1.807) is 24.3 Å². The molecule has 9 nitrogen and oxygen atoms in total. The van der Waals surface area contributed by atoms with E-state index < -0.39 is 37.9 Å². The van der Waals surface area contributed by atoms with Crippen LogP contribution in [0.3, 0.4) is 0 Å². The second kappa shape index (κ2) is 8.86. The molecule has 178 valence electrons. The average molecular weight is 495 g/mol. The summed E-state index contributed by atoms with van der Waals surface area (Å²) in [5, 5.41) is 2.70. The molecular formula is C22H26N2O7S2. The Morgan fingerprint density at radius 2 is 1.76 bits per heavy atom. The van der Waals surface area contributed by atoms with Crippen molar-refractivity contribution in [3.63, 3.8) is 0 Å². The molecule has 1 amide bonds. The lowest BCUT2D eigenvalue weighted by molar-refractivity contribution is -0.122. The number of amides is 1. The molecule has 2 aliphatic heterocycles. The molecule has 1 fully saturated rings. The van der Waals surface area contributed by atoms with Gasteiger partial charge in [0.05, 0.1) is 22.1 Å². The van der Waals surface area contributed by atoms with Crippen molar-refractivity contribution in [1.82, 2.24) is 5.32 Å². The van der Waals surface area contributed by atoms with Gasteiger partial charge in [-0.15, -0.1) is 0 Å². The highest BCUT2D eigenvalue weighted by atomic mass is 32.2. The van der Waals surface area contributed by atoms with Crippen LogP contribution in [0.15, 0.2) is 47.4 Å². The smallest absolute Gasteiger partial charge is 0.265 e. The van der Waals surface area contributed by atoms with Crippen LogP contribution in [0.2, 0.25) is 0 Å². The number of rotatable bonds is 6. The minimum Gasteiger partial charge on any atom is -0.486 e. The van der Waals surface area contributed by atoms with Crippen LogP contribution in [0, 0.1) is 6.92 Å². The van der Waals surface area contributed by atoms with Crippen molar-refractivity contribution >= 4 is 31.5 Å². The van der Waals surface area contributed by atoms with E-state index in [1.165, 1.54) is 25.1 Å². The summed E-state index contributed by atoms with van der Waals surface area (Å²) >= 11 is 0. The van der Waals surface area contributed by atoms with Gasteiger partial charge in [0, 0.05) is 12.1 Å². The van der Waals surface area contributed by atoms with E-state index in [-0.39, 0.29) is 16.4 Å². The lowest BCUT2D eigenvalue weighted by atomic mass is 10.2. The maximum absolute atomic E-state index is 13.7. The van der Waals surface area contributed by atoms with Gasteiger partial charge in [0.1, 0.15) is 19.3 Å². The Bertz CT molecular complexity index is 1260. The number of benzene rings is 2. The van der Waals surface area contributed by atoms with Gasteiger partial charge >= 0.3 is 0 Å². The highest BCUT2D eigenvalue weighted by Gasteiger charge is 2.36. The van der Waals surface area contributed by atoms with E-state index >= 15 is 0 Å². The molecule has 2 atom stereocenters. The van der Waals surface area contributed by atoms with Gasteiger partial charge in [-0.25, -0.2) is 16.8 Å². The second-order valence-corrected chi connectivity index (χ2v) is 12.3. The van der Waals surface area contributed by atoms with Crippen LogP contribution in [0.5, 0.6) is 11.5 Å². The maximum atomic E-state index is 13.7. The number of carbonyl (C=O) groups is 1. The zero-order valence-electron chi connectivity index (χ0n) is 18.4. The van der Waals surface area contributed by atoms with Crippen LogP contribution < -0.4 is 19.1 Å². The minimum absolute atomic E-state index is 0.00347. The van der Waals surface area contributed by atoms with Crippen molar-refractivity contribution in [3.8, 4) is 11.5 Å². The molecule has 2 aliphatic rings. The fourth-order valence-corrected chi connectivity index (χ4v) is 7.20. The lowest BCUT2D eigenvalue weighted by Gasteiger charge is -2.31. The molecule has 2 aromatic carbocycles. The standard InChI is InChI=1S/C22H26N2O7S2/c1-15-3-5-18(6-4-15)24(16(2)22(25)23-17-9-12-32(26,27)14-17)33(28,29)19-7-8-20-21(13-19)31-11-10-30-20/h3-8,13,16-17H,9-12,14H2,1-2H3,(H,23,25)/t16-,17-/m0/s1. The average Bonchev–Trinajstić information content (AvgIpc) is 3.12. The summed E-state index contributed by atoms with van der Waals surface area (Å²) < 4.78 is 63.1. The number of sulfone groups is 1. The van der Waals surface area contributed by atoms with Crippen molar-refractivity contribution in [1.29, 1.82) is 0 Å². The third-order valence-corrected chi connectivity index (χ3v) is 9.33. The summed E-state index contributed by atoms with van der Waals surface area (Å²) in [4.78, 5) is 13.0. The Hall–Kier alpha value is -2.79. The molecule has 1 saturated heterocycles. The Balaban J connectivity index is 1.68. The number of hydrogen-bond donors (Lipinski definition) is 1. The van der Waals surface area contributed by atoms with Crippen LogP contribution >= 0.6 is 0 Å². The number of fused-ring (bicyclic) bond motifs is 1. The highest BCUT2D eigenvalue weighted by Crippen LogP contribution is 2.35. The first-order valence-corrected chi connectivity index (χ1v) is 13.8. The summed E-state index contributed by atoms with van der Waals surface area (Å²) in [6.07, 6.45) is 0.306. The lowest BCUT2D eigenvalue weighted by Crippen LogP contribution is -2.50. The fourth-order valence-electron chi connectivity index (χ4n) is 3.90. The predicted octanol–water partition coefficient (Wildman–Crippen LogP) is 1.65. The van der Waals surface area contributed by atoms with Gasteiger partial charge in [-0.1, -0.05) is 17.7 Å². The van der Waals surface area contributed by atoms with E-state index in [1.807, 2.05) is 6.92 Å². The molecule has 0 saturated carbocycles. The minimum atomic E-state index is -4.18. The molecule has 0 radical (unpaired) electrons. The number of sulfonamides is 1. The highest BCUT2D eigenvalue weighted by molar-refractivity contribution is 7.93. The first kappa shape index (κ1) is 23.4. The summed E-state index contributed by atoms with van der Waals surface area (Å²) in [5.41, 5.74) is 1.25. The maximum Gasteiger partial charge on any atom is 0.265 e. The molecule has 0 aromatic heterocycles. The third kappa shape index (κ3) is 4.93. The molecule has 11 heteroatoms. The zero-order valence-corrected chi connectivity index (χ0v) is 20.0. The molecule has 0 spiro atoms. The molecule has 0 unspecified atom stereocenters. The van der Waals surface area contributed by atoms with E-state index in [4.69, 9.17) is 9.47 Å². The molecule has 1 N–H and O–H groups in total. The number of nitrogens with zero attached hydrogens (tertiary/aromatic N) is 1. The molecule has 2 aromatic rings. The quantitative estimate of drug-likeness (QED) is 0.649. The van der Waals surface area contributed by atoms with Crippen molar-refractivity contribution < 1.29 is 31.1 Å². The van der Waals surface area contributed by atoms with Crippen LogP contribution in [0.4, 0.5) is 5.69 Å². The van der Waals surface area contributed by atoms with Crippen LogP contribution in [0.1, 0.15) is 18.9 Å². The third-order valence-electron chi connectivity index (χ3n) is 5.67. The van der Waals surface area contributed by atoms with Gasteiger partial charge in [0.25, 0.3) is 10.0 Å². The largest absolute Gasteiger partial charge is 0.486 e. The Morgan fingerprint density at radius 1 is 1.09 bits per heavy atom. The molecule has 2 heterocycles. The number of aryl methyl sites for hydroxylation is 1. The number of nitrogens with one attached hydrogen (secondary N) is 1. The van der Waals surface area contributed by atoms with Gasteiger partial charge in [0.15, 0.2) is 21.3 Å². The summed E-state index contributed by atoms with van der Waals surface area (Å²) in [6.45, 7) is 4.04. The topological polar surface area (TPSA) is 119 Å². The van der Waals surface area contributed by atoms with Crippen molar-refractivity contribution in [2.45, 2.75) is 37.2 Å². The first-order valence-electron chi connectivity index (χ1n) is 10.6. The number of ether oxygens (including phenoxy) is 2. The molecular weight excluding hydrogens is 468 g/mol. The summed E-state index contributed by atoms with van der Waals surface area (Å²) in [6, 6.07) is 9.45. The summed E-state index contributed by atoms with van der Waals surface area (Å²) in [7, 11) is -7.38. The van der Waals surface area contributed by atoms with Gasteiger partial charge in [-0.3, -0.25) is 9.10 Å². The number of hydrogen-bond acceptors (Lipinski definition) is 7. The van der Waals surface area contributed by atoms with Gasteiger partial charge in [-0.2, -0.15) is 0 Å². The summed E-state index contributed by atoms with van der Waals surface area (Å²) in [5.74, 6) is 0.0579. The molecule has 4 rings (SSSR count). The van der Waals surface area contributed by atoms with E-state index in [9.17, 15) is 21.6 Å². The Morgan fingerprint density at radius 3 is 2.39 bits per heavy atom. The van der Waals surface area contributed by atoms with Crippen LogP contribution in [0.25, 0.3) is 0 Å². The zero-order chi connectivity index (χ0) is 23.8. The number of anilines is 1. The monoisotopic (exact) mass is 494 g/mol. The van der Waals surface area contributed by atoms with Crippen LogP contribution in [-0.4, -0.2) is 59.5 Å². The normalized spacial score (nSPS) is 20.1. The second-order valence-electron chi connectivity index (χ2n) is 8.23. The van der Waals surface area contributed by atoms with Crippen molar-refractivity contribution in [2.24, 2.45) is 0 Å². The van der Waals surface area contributed by atoms with Crippen LogP contribution in [-0.2, 0) is 24.7 Å². The van der Waals surface area contributed by atoms with E-state index in [2.05, 4.69) is 5.32 Å². The van der Waals surface area contributed by atoms with E-state index in [0.29, 0.717) is 36.8 Å². The first-order chi connectivity index (χ1) is 15.6. The molecule has 0 bridgehead atoms. The molecule has 33 heavy (non-hydrogen) atoms. The fraction of sp³-hybridized carbons (Fsp3) is 0.409. The van der Waals surface area contributed by atoms with Gasteiger partial charge < -0.3 is 14.8 Å². The van der Waals surface area contributed by atoms with E-state index in [0.717, 1.165) is 9.87 Å². The van der Waals surface area contributed by atoms with Gasteiger partial charge in [0.2, 0.25) is 5.91 Å². The Kier molecular flexibility index (Phi) is 6.28. The Labute approximate surface area is 193 Å². The van der Waals surface area contributed by atoms with Crippen molar-refractivity contribution in [3.05, 3.63) is 48.0 Å². The van der Waals surface area contributed by atoms with Crippen molar-refractivity contribution in [2.75, 3.05) is 29.0 Å². The SMILES string of the molecule is Cc1ccc(N([C@@H](C)C(=O)N[C@H]2CCS(=O)(=O)C2)S(=O)(=O)c2ccc3c(c2)OCCO3)cc1. The predicted molar refractivity (Wildman–Crippen MR) is 123 cm³/mol.